The molecule has 0 aliphatic heterocycles. The number of rotatable bonds is 17. The van der Waals surface area contributed by atoms with E-state index in [1.54, 1.807) is 19.0 Å². The van der Waals surface area contributed by atoms with E-state index in [1.165, 1.54) is 0 Å². The minimum absolute atomic E-state index is 0.0230. The lowest BCUT2D eigenvalue weighted by Crippen LogP contribution is -2.76. The van der Waals surface area contributed by atoms with Crippen LogP contribution in [0.2, 0.25) is 0 Å². The van der Waals surface area contributed by atoms with Crippen molar-refractivity contribution >= 4 is 17.7 Å². The Morgan fingerprint density at radius 1 is 0.568 bits per heavy atom. The molecule has 0 aromatic heterocycles. The minimum atomic E-state index is -9.19. The van der Waals surface area contributed by atoms with Gasteiger partial charge in [0.15, 0.2) is 0 Å². The van der Waals surface area contributed by atoms with Crippen LogP contribution in [0.3, 0.4) is 0 Å². The van der Waals surface area contributed by atoms with Crippen LogP contribution in [0.1, 0.15) is 12.8 Å². The second-order valence-electron chi connectivity index (χ2n) is 9.11. The van der Waals surface area contributed by atoms with Crippen LogP contribution < -0.4 is 5.32 Å². The molecule has 0 bridgehead atoms. The lowest BCUT2D eigenvalue weighted by molar-refractivity contribution is -0.474. The Kier molecular flexibility index (Phi) is 12.3. The number of thioether (sulfide) groups is 1. The molecule has 0 rings (SSSR count). The second kappa shape index (κ2) is 12.8. The maximum absolute atomic E-state index is 13.9. The molecule has 0 aromatic rings. The molecule has 0 aromatic carbocycles. The highest BCUT2D eigenvalue weighted by Gasteiger charge is 2.97. The molecule has 0 radical (unpaired) electrons. The van der Waals surface area contributed by atoms with Crippen molar-refractivity contribution in [2.45, 2.75) is 72.3 Å². The van der Waals surface area contributed by atoms with Gasteiger partial charge in [-0.15, -0.1) is 0 Å². The Labute approximate surface area is 236 Å². The highest BCUT2D eigenvalue weighted by Crippen LogP contribution is 2.66. The molecule has 0 spiro atoms. The third-order valence-electron chi connectivity index (χ3n) is 5.47. The second-order valence-corrected chi connectivity index (χ2v) is 10.2. The van der Waals surface area contributed by atoms with Gasteiger partial charge in [-0.3, -0.25) is 4.79 Å². The van der Waals surface area contributed by atoms with E-state index in [4.69, 9.17) is 0 Å². The smallest absolute Gasteiger partial charge is 0.355 e. The first-order valence-electron chi connectivity index (χ1n) is 11.0. The van der Waals surface area contributed by atoms with Crippen molar-refractivity contribution < 1.29 is 97.0 Å². The molecule has 0 saturated carbocycles. The minimum Gasteiger partial charge on any atom is -0.355 e. The van der Waals surface area contributed by atoms with Gasteiger partial charge in [0.25, 0.3) is 0 Å². The Morgan fingerprint density at radius 3 is 1.25 bits per heavy atom. The molecule has 0 atom stereocenters. The number of amides is 1. The van der Waals surface area contributed by atoms with Crippen molar-refractivity contribution in [1.82, 2.24) is 10.2 Å². The number of carbonyl (C=O) groups excluding carboxylic acids is 1. The first-order chi connectivity index (χ1) is 19.1. The van der Waals surface area contributed by atoms with Gasteiger partial charge in [-0.25, -0.2) is 0 Å². The fourth-order valence-electron chi connectivity index (χ4n) is 2.79. The van der Waals surface area contributed by atoms with Crippen LogP contribution in [0.5, 0.6) is 0 Å². The fourth-order valence-corrected chi connectivity index (χ4v) is 3.62. The van der Waals surface area contributed by atoms with Crippen molar-refractivity contribution in [3.8, 4) is 0 Å². The van der Waals surface area contributed by atoms with Gasteiger partial charge < -0.3 is 10.2 Å². The first-order valence-corrected chi connectivity index (χ1v) is 12.2. The Bertz CT molecular complexity index is 979. The lowest BCUT2D eigenvalue weighted by atomic mass is 9.86. The van der Waals surface area contributed by atoms with E-state index in [2.05, 4.69) is 5.32 Å². The van der Waals surface area contributed by atoms with E-state index in [-0.39, 0.29) is 18.3 Å². The summed E-state index contributed by atoms with van der Waals surface area (Å²) >= 11 is -0.0749. The van der Waals surface area contributed by atoms with Crippen LogP contribution in [0.15, 0.2) is 0 Å². The number of nitrogens with zero attached hydrogens (tertiary/aromatic N) is 1. The molecule has 0 aliphatic rings. The molecule has 1 N–H and O–H groups in total. The number of carbonyl (C=O) groups is 1. The van der Waals surface area contributed by atoms with Crippen molar-refractivity contribution in [2.75, 3.05) is 38.7 Å². The topological polar surface area (TPSA) is 32.3 Å². The van der Waals surface area contributed by atoms with Crippen LogP contribution in [0, 0.1) is 0 Å². The van der Waals surface area contributed by atoms with Gasteiger partial charge in [0.2, 0.25) is 5.91 Å². The van der Waals surface area contributed by atoms with Crippen LogP contribution in [0.4, 0.5) is 92.2 Å². The third-order valence-corrected chi connectivity index (χ3v) is 6.43. The molecule has 264 valence electrons. The zero-order valence-corrected chi connectivity index (χ0v) is 22.3. The highest BCUT2D eigenvalue weighted by atomic mass is 32.2. The number of halogens is 21. The van der Waals surface area contributed by atoms with E-state index in [1.807, 2.05) is 0 Å². The molecule has 44 heavy (non-hydrogen) atoms. The van der Waals surface area contributed by atoms with Gasteiger partial charge in [0, 0.05) is 13.0 Å². The van der Waals surface area contributed by atoms with Crippen LogP contribution >= 0.6 is 11.8 Å². The molecule has 25 heteroatoms. The van der Waals surface area contributed by atoms with Crippen LogP contribution in [0.25, 0.3) is 0 Å². The number of nitrogens with one attached hydrogen (secondary N) is 1. The van der Waals surface area contributed by atoms with E-state index in [0.29, 0.717) is 13.0 Å². The van der Waals surface area contributed by atoms with Crippen molar-refractivity contribution in [3.63, 3.8) is 0 Å². The van der Waals surface area contributed by atoms with E-state index in [0.717, 1.165) is 0 Å². The summed E-state index contributed by atoms with van der Waals surface area (Å²) in [6.07, 6.45) is -10.4. The van der Waals surface area contributed by atoms with Crippen molar-refractivity contribution in [2.24, 2.45) is 0 Å². The predicted octanol–water partition coefficient (Wildman–Crippen LogP) is 7.46. The largest absolute Gasteiger partial charge is 0.460 e. The maximum Gasteiger partial charge on any atom is 0.460 e. The molecule has 0 aliphatic carbocycles. The summed E-state index contributed by atoms with van der Waals surface area (Å²) in [4.78, 5) is 13.2. The third kappa shape index (κ3) is 7.00. The lowest BCUT2D eigenvalue weighted by Gasteiger charge is -2.44. The monoisotopic (exact) mass is 722 g/mol. The van der Waals surface area contributed by atoms with Gasteiger partial charge >= 0.3 is 59.5 Å². The van der Waals surface area contributed by atoms with E-state index in [9.17, 15) is 97.0 Å². The van der Waals surface area contributed by atoms with Gasteiger partial charge in [0.05, 0.1) is 5.75 Å². The zero-order chi connectivity index (χ0) is 35.8. The van der Waals surface area contributed by atoms with Crippen molar-refractivity contribution in [3.05, 3.63) is 0 Å². The van der Waals surface area contributed by atoms with Crippen LogP contribution in [-0.2, 0) is 4.79 Å². The summed E-state index contributed by atoms with van der Waals surface area (Å²) in [5.41, 5.74) is 0. The van der Waals surface area contributed by atoms with Crippen molar-refractivity contribution in [1.29, 1.82) is 0 Å². The predicted molar refractivity (Wildman–Crippen MR) is 109 cm³/mol. The Hall–Kier alpha value is -1.69. The van der Waals surface area contributed by atoms with Gasteiger partial charge in [-0.05, 0) is 32.8 Å². The zero-order valence-electron chi connectivity index (χ0n) is 21.4. The van der Waals surface area contributed by atoms with Crippen LogP contribution in [-0.4, -0.2) is 109 Å². The molecular formula is C19H19F21N2OS. The SMILES string of the molecule is CN(C)CCCNC(=O)CSCCC(F)(F)C(F)(F)C(F)(F)C(F)(F)C(F)(F)C(F)(F)C(F)(F)C(F)(F)C(F)(F)C(F)(F)F. The number of hydrogen-bond donors (Lipinski definition) is 1. The summed E-state index contributed by atoms with van der Waals surface area (Å²) in [6, 6.07) is 0. The molecule has 0 saturated heterocycles. The Morgan fingerprint density at radius 2 is 0.909 bits per heavy atom. The molecule has 1 amide bonds. The number of hydrogen-bond acceptors (Lipinski definition) is 3. The standard InChI is InChI=1S/C19H19F21N2OS/c1-42(2)6-3-5-41-9(43)8-44-7-4-10(20,21)11(22,23)12(24,25)13(26,27)14(28,29)15(30,31)16(32,33)17(34,35)18(36,37)19(38,39)40/h3-8H2,1-2H3,(H,41,43). The molecule has 0 heterocycles. The molecule has 0 fully saturated rings. The van der Waals surface area contributed by atoms with E-state index >= 15 is 0 Å². The van der Waals surface area contributed by atoms with Gasteiger partial charge in [0.1, 0.15) is 0 Å². The summed E-state index contributed by atoms with van der Waals surface area (Å²) in [6.45, 7) is 0.406. The summed E-state index contributed by atoms with van der Waals surface area (Å²) in [5, 5.41) is 2.16. The maximum atomic E-state index is 13.9. The average molecular weight is 722 g/mol. The first kappa shape index (κ1) is 42.3. The fraction of sp³-hybridized carbons (Fsp3) is 0.947. The molecule has 3 nitrogen and oxygen atoms in total. The Balaban J connectivity index is 6.18. The quantitative estimate of drug-likeness (QED) is 0.125. The van der Waals surface area contributed by atoms with Gasteiger partial charge in [-0.2, -0.15) is 104 Å². The molecule has 0 unspecified atom stereocenters. The summed E-state index contributed by atoms with van der Waals surface area (Å²) in [5.74, 6) is -80.4. The van der Waals surface area contributed by atoms with Gasteiger partial charge in [-0.1, -0.05) is 0 Å². The summed E-state index contributed by atoms with van der Waals surface area (Å²) < 4.78 is 280. The molecular weight excluding hydrogens is 703 g/mol. The normalized spacial score (nSPS) is 15.6. The van der Waals surface area contributed by atoms with E-state index < -0.39 is 83.3 Å². The number of alkyl halides is 21. The average Bonchev–Trinajstić information content (AvgIpc) is 2.82. The highest BCUT2D eigenvalue weighted by molar-refractivity contribution is 7.99. The summed E-state index contributed by atoms with van der Waals surface area (Å²) in [7, 11) is 3.26.